The van der Waals surface area contributed by atoms with Crippen molar-refractivity contribution in [3.63, 3.8) is 0 Å². The Balaban J connectivity index is 2.15. The Labute approximate surface area is 140 Å². The highest BCUT2D eigenvalue weighted by Gasteiger charge is 2.08. The summed E-state index contributed by atoms with van der Waals surface area (Å²) in [5, 5.41) is 4.45. The number of aryl methyl sites for hydroxylation is 4. The third-order valence-corrected chi connectivity index (χ3v) is 4.07. The molecule has 0 atom stereocenters. The summed E-state index contributed by atoms with van der Waals surface area (Å²) in [6, 6.07) is 12.9. The van der Waals surface area contributed by atoms with Crippen LogP contribution in [-0.4, -0.2) is 5.71 Å². The Hall–Kier alpha value is -2.09. The smallest absolute Gasteiger partial charge is 0.142 e. The first-order valence-electron chi connectivity index (χ1n) is 8.34. The predicted octanol–water partition coefficient (Wildman–Crippen LogP) is 5.64. The molecule has 2 heteroatoms. The molecule has 0 spiro atoms. The maximum Gasteiger partial charge on any atom is 0.142 e. The van der Waals surface area contributed by atoms with Gasteiger partial charge >= 0.3 is 0 Å². The van der Waals surface area contributed by atoms with E-state index in [9.17, 15) is 0 Å². The highest BCUT2D eigenvalue weighted by molar-refractivity contribution is 6.01. The standard InChI is InChI=1S/C21H27NO/c1-6-7-21(20-11-9-16(3)13-18(20)5)22-23-14-19-10-8-15(2)12-17(19)4/h8-13H,6-7,14H2,1-5H3/b22-21-. The van der Waals surface area contributed by atoms with Crippen LogP contribution in [0.2, 0.25) is 0 Å². The van der Waals surface area contributed by atoms with E-state index < -0.39 is 0 Å². The average molecular weight is 309 g/mol. The summed E-state index contributed by atoms with van der Waals surface area (Å²) in [6.07, 6.45) is 1.98. The van der Waals surface area contributed by atoms with Crippen molar-refractivity contribution in [3.8, 4) is 0 Å². The molecule has 0 saturated heterocycles. The van der Waals surface area contributed by atoms with Gasteiger partial charge in [0.15, 0.2) is 0 Å². The molecule has 0 aliphatic carbocycles. The largest absolute Gasteiger partial charge is 0.391 e. The van der Waals surface area contributed by atoms with Crippen molar-refractivity contribution < 1.29 is 4.84 Å². The third-order valence-electron chi connectivity index (χ3n) is 4.07. The number of rotatable bonds is 6. The molecule has 0 N–H and O–H groups in total. The number of benzene rings is 2. The topological polar surface area (TPSA) is 21.6 Å². The molecule has 2 aromatic carbocycles. The minimum absolute atomic E-state index is 0.518. The normalized spacial score (nSPS) is 11.6. The van der Waals surface area contributed by atoms with Gasteiger partial charge in [0.1, 0.15) is 6.61 Å². The fourth-order valence-corrected chi connectivity index (χ4v) is 2.79. The Bertz CT molecular complexity index is 701. The van der Waals surface area contributed by atoms with E-state index in [-0.39, 0.29) is 0 Å². The molecule has 0 unspecified atom stereocenters. The molecule has 0 heterocycles. The van der Waals surface area contributed by atoms with Crippen molar-refractivity contribution in [1.82, 2.24) is 0 Å². The van der Waals surface area contributed by atoms with Crippen molar-refractivity contribution in [2.45, 2.75) is 54.1 Å². The zero-order valence-corrected chi connectivity index (χ0v) is 14.9. The fraction of sp³-hybridized carbons (Fsp3) is 0.381. The van der Waals surface area contributed by atoms with Gasteiger partial charge in [0.05, 0.1) is 5.71 Å². The number of hydrogen-bond acceptors (Lipinski definition) is 2. The van der Waals surface area contributed by atoms with E-state index in [1.807, 2.05) is 0 Å². The van der Waals surface area contributed by atoms with Crippen LogP contribution < -0.4 is 0 Å². The molecule has 0 aliphatic heterocycles. The van der Waals surface area contributed by atoms with Crippen molar-refractivity contribution in [2.75, 3.05) is 0 Å². The lowest BCUT2D eigenvalue weighted by atomic mass is 9.99. The molecular weight excluding hydrogens is 282 g/mol. The third kappa shape index (κ3) is 4.69. The summed E-state index contributed by atoms with van der Waals surface area (Å²) in [6.45, 7) is 11.2. The first-order valence-corrected chi connectivity index (χ1v) is 8.34. The molecule has 23 heavy (non-hydrogen) atoms. The van der Waals surface area contributed by atoms with Crippen LogP contribution in [-0.2, 0) is 11.4 Å². The average Bonchev–Trinajstić information content (AvgIpc) is 2.49. The summed E-state index contributed by atoms with van der Waals surface area (Å²) in [4.78, 5) is 5.68. The molecule has 0 saturated carbocycles. The summed E-state index contributed by atoms with van der Waals surface area (Å²) < 4.78 is 0. The van der Waals surface area contributed by atoms with Crippen LogP contribution in [0.4, 0.5) is 0 Å². The quantitative estimate of drug-likeness (QED) is 0.500. The van der Waals surface area contributed by atoms with Gasteiger partial charge in [-0.15, -0.1) is 0 Å². The van der Waals surface area contributed by atoms with Gasteiger partial charge in [-0.2, -0.15) is 0 Å². The first-order chi connectivity index (χ1) is 11.0. The Morgan fingerprint density at radius 1 is 0.913 bits per heavy atom. The summed E-state index contributed by atoms with van der Waals surface area (Å²) in [5.74, 6) is 0. The molecule has 2 aromatic rings. The van der Waals surface area contributed by atoms with Gasteiger partial charge in [-0.25, -0.2) is 0 Å². The molecule has 0 amide bonds. The Morgan fingerprint density at radius 3 is 2.17 bits per heavy atom. The lowest BCUT2D eigenvalue weighted by Crippen LogP contribution is -2.05. The van der Waals surface area contributed by atoms with Crippen LogP contribution in [0.25, 0.3) is 0 Å². The number of oxime groups is 1. The van der Waals surface area contributed by atoms with E-state index in [4.69, 9.17) is 4.84 Å². The maximum atomic E-state index is 5.68. The van der Waals surface area contributed by atoms with Crippen LogP contribution >= 0.6 is 0 Å². The maximum absolute atomic E-state index is 5.68. The second-order valence-electron chi connectivity index (χ2n) is 6.31. The molecule has 2 nitrogen and oxygen atoms in total. The Morgan fingerprint density at radius 2 is 1.57 bits per heavy atom. The van der Waals surface area contributed by atoms with E-state index in [0.29, 0.717) is 6.61 Å². The Kier molecular flexibility index (Phi) is 5.97. The lowest BCUT2D eigenvalue weighted by molar-refractivity contribution is 0.129. The first kappa shape index (κ1) is 17.3. The highest BCUT2D eigenvalue weighted by atomic mass is 16.6. The minimum atomic E-state index is 0.518. The van der Waals surface area contributed by atoms with Crippen molar-refractivity contribution in [1.29, 1.82) is 0 Å². The van der Waals surface area contributed by atoms with E-state index >= 15 is 0 Å². The molecule has 0 radical (unpaired) electrons. The highest BCUT2D eigenvalue weighted by Crippen LogP contribution is 2.16. The van der Waals surface area contributed by atoms with Gasteiger partial charge in [-0.1, -0.05) is 66.0 Å². The molecule has 0 fully saturated rings. The van der Waals surface area contributed by atoms with Gasteiger partial charge in [-0.3, -0.25) is 0 Å². The monoisotopic (exact) mass is 309 g/mol. The number of hydrogen-bond donors (Lipinski definition) is 0. The van der Waals surface area contributed by atoms with Gasteiger partial charge in [0.25, 0.3) is 0 Å². The van der Waals surface area contributed by atoms with Crippen LogP contribution in [0.5, 0.6) is 0 Å². The second-order valence-corrected chi connectivity index (χ2v) is 6.31. The predicted molar refractivity (Wildman–Crippen MR) is 98.1 cm³/mol. The molecule has 0 bridgehead atoms. The van der Waals surface area contributed by atoms with E-state index in [2.05, 4.69) is 76.2 Å². The molecule has 0 aromatic heterocycles. The van der Waals surface area contributed by atoms with Crippen molar-refractivity contribution in [3.05, 3.63) is 69.8 Å². The van der Waals surface area contributed by atoms with Gasteiger partial charge < -0.3 is 4.84 Å². The van der Waals surface area contributed by atoms with Crippen LogP contribution in [0.15, 0.2) is 41.6 Å². The zero-order chi connectivity index (χ0) is 16.8. The zero-order valence-electron chi connectivity index (χ0n) is 14.9. The van der Waals surface area contributed by atoms with Crippen LogP contribution in [0, 0.1) is 27.7 Å². The SMILES string of the molecule is CCC/C(=N/OCc1ccc(C)cc1C)c1ccc(C)cc1C. The molecule has 0 aliphatic rings. The van der Waals surface area contributed by atoms with Crippen molar-refractivity contribution >= 4 is 5.71 Å². The second kappa shape index (κ2) is 7.96. The fourth-order valence-electron chi connectivity index (χ4n) is 2.79. The molecule has 122 valence electrons. The lowest BCUT2D eigenvalue weighted by Gasteiger charge is -2.11. The van der Waals surface area contributed by atoms with E-state index in [0.717, 1.165) is 18.6 Å². The summed E-state index contributed by atoms with van der Waals surface area (Å²) in [7, 11) is 0. The van der Waals surface area contributed by atoms with Crippen LogP contribution in [0.1, 0.15) is 53.1 Å². The van der Waals surface area contributed by atoms with Crippen LogP contribution in [0.3, 0.4) is 0 Å². The van der Waals surface area contributed by atoms with Crippen molar-refractivity contribution in [2.24, 2.45) is 5.16 Å². The number of nitrogens with zero attached hydrogens (tertiary/aromatic N) is 1. The van der Waals surface area contributed by atoms with E-state index in [1.165, 1.54) is 33.4 Å². The minimum Gasteiger partial charge on any atom is -0.391 e. The van der Waals surface area contributed by atoms with E-state index in [1.54, 1.807) is 0 Å². The van der Waals surface area contributed by atoms with Gasteiger partial charge in [-0.05, 0) is 50.8 Å². The molecule has 2 rings (SSSR count). The summed E-state index contributed by atoms with van der Waals surface area (Å²) >= 11 is 0. The summed E-state index contributed by atoms with van der Waals surface area (Å²) in [5.41, 5.74) is 8.48. The molecular formula is C21H27NO. The van der Waals surface area contributed by atoms with Gasteiger partial charge in [0.2, 0.25) is 0 Å². The van der Waals surface area contributed by atoms with Gasteiger partial charge in [0, 0.05) is 5.56 Å².